The molecule has 4 heteroatoms. The number of nitrogens with zero attached hydrogens (tertiary/aromatic N) is 1. The molecule has 19 heavy (non-hydrogen) atoms. The second-order valence-corrected chi connectivity index (χ2v) is 6.53. The molecule has 2 rings (SSSR count). The van der Waals surface area contributed by atoms with Crippen LogP contribution in [0, 0.1) is 16.0 Å². The Bertz CT molecular complexity index is 428. The molecule has 1 aliphatic rings. The van der Waals surface area contributed by atoms with Gasteiger partial charge in [0, 0.05) is 16.5 Å². The van der Waals surface area contributed by atoms with Crippen LogP contribution in [0.15, 0.2) is 24.3 Å². The van der Waals surface area contributed by atoms with Crippen molar-refractivity contribution in [2.45, 2.75) is 49.8 Å². The summed E-state index contributed by atoms with van der Waals surface area (Å²) >= 11 is 3.77. The van der Waals surface area contributed by atoms with Crippen molar-refractivity contribution in [2.24, 2.45) is 5.92 Å². The Labute approximate surface area is 122 Å². The highest BCUT2D eigenvalue weighted by atomic mass is 79.9. The van der Waals surface area contributed by atoms with Crippen LogP contribution in [0.25, 0.3) is 0 Å². The molecule has 1 aromatic rings. The Hall–Kier alpha value is -0.900. The Morgan fingerprint density at radius 2 is 1.84 bits per heavy atom. The summed E-state index contributed by atoms with van der Waals surface area (Å²) in [5, 5.41) is 11.0. The van der Waals surface area contributed by atoms with Crippen LogP contribution < -0.4 is 0 Å². The Morgan fingerprint density at radius 1 is 1.21 bits per heavy atom. The van der Waals surface area contributed by atoms with E-state index in [0.29, 0.717) is 10.7 Å². The molecule has 1 fully saturated rings. The lowest BCUT2D eigenvalue weighted by Gasteiger charge is -2.20. The van der Waals surface area contributed by atoms with Crippen LogP contribution in [0.5, 0.6) is 0 Å². The third-order valence-corrected chi connectivity index (χ3v) is 5.09. The number of halogens is 1. The summed E-state index contributed by atoms with van der Waals surface area (Å²) in [6, 6.07) is 7.09. The molecule has 0 bridgehead atoms. The largest absolute Gasteiger partial charge is 0.272 e. The van der Waals surface area contributed by atoms with Crippen molar-refractivity contribution >= 4 is 21.6 Å². The topological polar surface area (TPSA) is 43.1 Å². The first-order chi connectivity index (χ1) is 9.18. The molecule has 0 radical (unpaired) electrons. The summed E-state index contributed by atoms with van der Waals surface area (Å²) in [4.78, 5) is 11.1. The lowest BCUT2D eigenvalue weighted by molar-refractivity contribution is -0.385. The van der Waals surface area contributed by atoms with Gasteiger partial charge in [0.05, 0.1) is 4.92 Å². The van der Waals surface area contributed by atoms with Crippen molar-refractivity contribution in [3.05, 3.63) is 39.9 Å². The number of para-hydroxylation sites is 1. The maximum Gasteiger partial charge on any atom is 0.272 e. The van der Waals surface area contributed by atoms with Crippen molar-refractivity contribution in [3.8, 4) is 0 Å². The van der Waals surface area contributed by atoms with Crippen molar-refractivity contribution in [3.63, 3.8) is 0 Å². The molecule has 3 nitrogen and oxygen atoms in total. The van der Waals surface area contributed by atoms with E-state index in [4.69, 9.17) is 0 Å². The monoisotopic (exact) mass is 325 g/mol. The highest BCUT2D eigenvalue weighted by Gasteiger charge is 2.23. The van der Waals surface area contributed by atoms with Gasteiger partial charge in [0.1, 0.15) is 0 Å². The van der Waals surface area contributed by atoms with Crippen LogP contribution in [0.3, 0.4) is 0 Å². The first kappa shape index (κ1) is 14.5. The lowest BCUT2D eigenvalue weighted by atomic mass is 9.92. The third kappa shape index (κ3) is 4.03. The Balaban J connectivity index is 2.05. The summed E-state index contributed by atoms with van der Waals surface area (Å²) in [6.45, 7) is 0. The van der Waals surface area contributed by atoms with Gasteiger partial charge in [-0.3, -0.25) is 10.1 Å². The first-order valence-corrected chi connectivity index (χ1v) is 7.96. The summed E-state index contributed by atoms with van der Waals surface area (Å²) in [5.41, 5.74) is 1.10. The Morgan fingerprint density at radius 3 is 2.47 bits per heavy atom. The molecule has 1 aromatic carbocycles. The van der Waals surface area contributed by atoms with Crippen LogP contribution in [0.4, 0.5) is 5.69 Å². The maximum absolute atomic E-state index is 11.0. The molecule has 104 valence electrons. The second-order valence-electron chi connectivity index (χ2n) is 5.36. The molecule has 0 spiro atoms. The zero-order valence-electron chi connectivity index (χ0n) is 11.1. The predicted octanol–water partition coefficient (Wildman–Crippen LogP) is 4.87. The van der Waals surface area contributed by atoms with E-state index in [2.05, 4.69) is 15.9 Å². The van der Waals surface area contributed by atoms with E-state index in [9.17, 15) is 10.1 Å². The zero-order valence-corrected chi connectivity index (χ0v) is 12.6. The molecule has 1 aliphatic carbocycles. The minimum Gasteiger partial charge on any atom is -0.258 e. The van der Waals surface area contributed by atoms with Gasteiger partial charge in [-0.15, -0.1) is 0 Å². The van der Waals surface area contributed by atoms with Gasteiger partial charge in [-0.1, -0.05) is 59.8 Å². The molecular weight excluding hydrogens is 306 g/mol. The molecule has 0 aliphatic heterocycles. The van der Waals surface area contributed by atoms with Gasteiger partial charge < -0.3 is 0 Å². The molecule has 1 atom stereocenters. The molecule has 1 unspecified atom stereocenters. The number of nitro groups is 1. The number of hydrogen-bond donors (Lipinski definition) is 0. The van der Waals surface area contributed by atoms with E-state index in [1.54, 1.807) is 12.1 Å². The van der Waals surface area contributed by atoms with Gasteiger partial charge in [-0.05, 0) is 25.2 Å². The van der Waals surface area contributed by atoms with E-state index < -0.39 is 0 Å². The van der Waals surface area contributed by atoms with Gasteiger partial charge in [-0.2, -0.15) is 0 Å². The average molecular weight is 326 g/mol. The van der Waals surface area contributed by atoms with E-state index in [1.165, 1.54) is 38.5 Å². The molecule has 0 amide bonds. The van der Waals surface area contributed by atoms with Crippen LogP contribution in [-0.2, 0) is 6.42 Å². The van der Waals surface area contributed by atoms with Gasteiger partial charge >= 0.3 is 0 Å². The van der Waals surface area contributed by atoms with E-state index in [-0.39, 0.29) is 10.6 Å². The minimum atomic E-state index is -0.276. The third-order valence-electron chi connectivity index (χ3n) is 4.01. The highest BCUT2D eigenvalue weighted by molar-refractivity contribution is 9.09. The summed E-state index contributed by atoms with van der Waals surface area (Å²) in [5.74, 6) is 0.655. The zero-order chi connectivity index (χ0) is 13.7. The van der Waals surface area contributed by atoms with E-state index in [0.717, 1.165) is 12.0 Å². The van der Waals surface area contributed by atoms with Crippen LogP contribution in [0.1, 0.15) is 44.1 Å². The average Bonchev–Trinajstić information content (AvgIpc) is 2.68. The van der Waals surface area contributed by atoms with Crippen LogP contribution >= 0.6 is 15.9 Å². The Kier molecular flexibility index (Phi) is 5.37. The van der Waals surface area contributed by atoms with Crippen LogP contribution in [-0.4, -0.2) is 9.75 Å². The molecule has 0 aromatic heterocycles. The summed E-state index contributed by atoms with van der Waals surface area (Å²) < 4.78 is 0. The molecule has 0 saturated heterocycles. The molecule has 1 saturated carbocycles. The minimum absolute atomic E-state index is 0.251. The fourth-order valence-electron chi connectivity index (χ4n) is 2.91. The van der Waals surface area contributed by atoms with Crippen molar-refractivity contribution < 1.29 is 4.92 Å². The van der Waals surface area contributed by atoms with Crippen molar-refractivity contribution in [1.82, 2.24) is 0 Å². The smallest absolute Gasteiger partial charge is 0.258 e. The predicted molar refractivity (Wildman–Crippen MR) is 80.7 cm³/mol. The molecule has 0 heterocycles. The van der Waals surface area contributed by atoms with Gasteiger partial charge in [0.25, 0.3) is 5.69 Å². The van der Waals surface area contributed by atoms with Gasteiger partial charge in [-0.25, -0.2) is 0 Å². The fraction of sp³-hybridized carbons (Fsp3) is 0.600. The van der Waals surface area contributed by atoms with Crippen molar-refractivity contribution in [2.75, 3.05) is 0 Å². The fourth-order valence-corrected chi connectivity index (χ4v) is 3.79. The van der Waals surface area contributed by atoms with Gasteiger partial charge in [0.15, 0.2) is 0 Å². The van der Waals surface area contributed by atoms with Crippen molar-refractivity contribution in [1.29, 1.82) is 0 Å². The van der Waals surface area contributed by atoms with E-state index in [1.807, 2.05) is 12.1 Å². The molecular formula is C15H20BrNO2. The maximum atomic E-state index is 11.0. The number of rotatable bonds is 4. The lowest BCUT2D eigenvalue weighted by Crippen LogP contribution is -2.17. The summed E-state index contributed by atoms with van der Waals surface area (Å²) in [7, 11) is 0. The van der Waals surface area contributed by atoms with Gasteiger partial charge in [0.2, 0.25) is 0 Å². The standard InChI is InChI=1S/C15H20BrNO2/c16-14(12-7-3-1-2-4-8-12)11-13-9-5-6-10-15(13)17(18)19/h5-6,9-10,12,14H,1-4,7-8,11H2. The number of hydrogen-bond acceptors (Lipinski definition) is 2. The summed E-state index contributed by atoms with van der Waals surface area (Å²) in [6.07, 6.45) is 8.51. The van der Waals surface area contributed by atoms with E-state index >= 15 is 0 Å². The highest BCUT2D eigenvalue weighted by Crippen LogP contribution is 2.32. The first-order valence-electron chi connectivity index (χ1n) is 7.05. The SMILES string of the molecule is O=[N+]([O-])c1ccccc1CC(Br)C1CCCCCC1. The number of benzene rings is 1. The number of alkyl halides is 1. The quantitative estimate of drug-likeness (QED) is 0.343. The molecule has 0 N–H and O–H groups in total. The number of nitro benzene ring substituents is 1. The van der Waals surface area contributed by atoms with Crippen LogP contribution in [0.2, 0.25) is 0 Å². The second kappa shape index (κ2) is 7.04. The normalized spacial score (nSPS) is 18.8.